The van der Waals surface area contributed by atoms with Gasteiger partial charge in [-0.05, 0) is 40.0 Å². The van der Waals surface area contributed by atoms with Gasteiger partial charge in [-0.15, -0.1) is 0 Å². The number of rotatable bonds is 4. The molecule has 0 aliphatic carbocycles. The van der Waals surface area contributed by atoms with Crippen molar-refractivity contribution in [1.29, 1.82) is 0 Å². The van der Waals surface area contributed by atoms with Crippen LogP contribution in [0.25, 0.3) is 0 Å². The Morgan fingerprint density at radius 2 is 2.05 bits per heavy atom. The van der Waals surface area contributed by atoms with Crippen molar-refractivity contribution in [2.45, 2.75) is 58.2 Å². The quantitative estimate of drug-likeness (QED) is 0.765. The predicted octanol–water partition coefficient (Wildman–Crippen LogP) is 1.02. The van der Waals surface area contributed by atoms with Crippen LogP contribution in [0.4, 0.5) is 0 Å². The fourth-order valence-corrected chi connectivity index (χ4v) is 3.07. The van der Waals surface area contributed by atoms with E-state index in [4.69, 9.17) is 4.74 Å². The second-order valence-corrected chi connectivity index (χ2v) is 5.48. The zero-order chi connectivity index (χ0) is 14.0. The molecule has 2 heterocycles. The highest BCUT2D eigenvalue weighted by atomic mass is 16.5. The van der Waals surface area contributed by atoms with Gasteiger partial charge in [-0.2, -0.15) is 0 Å². The van der Waals surface area contributed by atoms with E-state index in [1.807, 2.05) is 20.8 Å². The SMILES string of the molecule is CCOC(C)CN1C(=O)C2CCCCN2C(=O)C1C. The van der Waals surface area contributed by atoms with Crippen molar-refractivity contribution in [2.75, 3.05) is 19.7 Å². The Balaban J connectivity index is 2.10. The summed E-state index contributed by atoms with van der Waals surface area (Å²) in [4.78, 5) is 28.4. The van der Waals surface area contributed by atoms with Crippen LogP contribution in [-0.4, -0.2) is 59.5 Å². The second kappa shape index (κ2) is 5.90. The van der Waals surface area contributed by atoms with Crippen LogP contribution in [0.1, 0.15) is 40.0 Å². The summed E-state index contributed by atoms with van der Waals surface area (Å²) in [5.41, 5.74) is 0. The van der Waals surface area contributed by atoms with Gasteiger partial charge in [0.2, 0.25) is 11.8 Å². The number of carbonyl (C=O) groups is 2. The van der Waals surface area contributed by atoms with Crippen molar-refractivity contribution in [3.8, 4) is 0 Å². The Labute approximate surface area is 114 Å². The molecule has 2 saturated heterocycles. The molecule has 3 unspecified atom stereocenters. The molecule has 0 aromatic carbocycles. The molecule has 0 radical (unpaired) electrons. The van der Waals surface area contributed by atoms with Crippen LogP contribution in [0.3, 0.4) is 0 Å². The van der Waals surface area contributed by atoms with Gasteiger partial charge in [0.05, 0.1) is 6.10 Å². The molecule has 5 heteroatoms. The van der Waals surface area contributed by atoms with Crippen molar-refractivity contribution in [3.63, 3.8) is 0 Å². The van der Waals surface area contributed by atoms with Crippen molar-refractivity contribution in [1.82, 2.24) is 9.80 Å². The molecule has 2 fully saturated rings. The lowest BCUT2D eigenvalue weighted by molar-refractivity contribution is -0.164. The van der Waals surface area contributed by atoms with Crippen LogP contribution in [0.2, 0.25) is 0 Å². The third-order valence-corrected chi connectivity index (χ3v) is 4.08. The van der Waals surface area contributed by atoms with Gasteiger partial charge in [0.15, 0.2) is 0 Å². The number of piperidine rings is 1. The second-order valence-electron chi connectivity index (χ2n) is 5.48. The lowest BCUT2D eigenvalue weighted by atomic mass is 9.95. The normalized spacial score (nSPS) is 29.4. The lowest BCUT2D eigenvalue weighted by Crippen LogP contribution is -2.65. The molecule has 0 spiro atoms. The summed E-state index contributed by atoms with van der Waals surface area (Å²) in [6, 6.07) is -0.587. The molecule has 0 N–H and O–H groups in total. The molecule has 0 bridgehead atoms. The van der Waals surface area contributed by atoms with Crippen LogP contribution in [0.5, 0.6) is 0 Å². The topological polar surface area (TPSA) is 49.9 Å². The summed E-state index contributed by atoms with van der Waals surface area (Å²) in [5.74, 6) is 0.186. The minimum absolute atomic E-state index is 0.0284. The van der Waals surface area contributed by atoms with E-state index in [0.29, 0.717) is 13.2 Å². The number of nitrogens with zero attached hydrogens (tertiary/aromatic N) is 2. The Kier molecular flexibility index (Phi) is 4.45. The Bertz CT molecular complexity index is 359. The number of carbonyl (C=O) groups excluding carboxylic acids is 2. The highest BCUT2D eigenvalue weighted by Crippen LogP contribution is 2.26. The third kappa shape index (κ3) is 2.76. The molecule has 19 heavy (non-hydrogen) atoms. The molecular weight excluding hydrogens is 244 g/mol. The first-order valence-corrected chi connectivity index (χ1v) is 7.28. The van der Waals surface area contributed by atoms with Gasteiger partial charge in [-0.25, -0.2) is 0 Å². The average molecular weight is 268 g/mol. The fraction of sp³-hybridized carbons (Fsp3) is 0.857. The van der Waals surface area contributed by atoms with Crippen molar-refractivity contribution < 1.29 is 14.3 Å². The van der Waals surface area contributed by atoms with Gasteiger partial charge in [-0.3, -0.25) is 9.59 Å². The zero-order valence-electron chi connectivity index (χ0n) is 12.1. The van der Waals surface area contributed by atoms with Crippen LogP contribution in [0.15, 0.2) is 0 Å². The maximum Gasteiger partial charge on any atom is 0.246 e. The molecule has 2 aliphatic heterocycles. The predicted molar refractivity (Wildman–Crippen MR) is 71.6 cm³/mol. The minimum atomic E-state index is -0.357. The number of hydrogen-bond donors (Lipinski definition) is 0. The van der Waals surface area contributed by atoms with Crippen LogP contribution >= 0.6 is 0 Å². The first-order valence-electron chi connectivity index (χ1n) is 7.28. The van der Waals surface area contributed by atoms with Crippen molar-refractivity contribution in [3.05, 3.63) is 0 Å². The Hall–Kier alpha value is -1.10. The maximum absolute atomic E-state index is 12.5. The third-order valence-electron chi connectivity index (χ3n) is 4.08. The highest BCUT2D eigenvalue weighted by molar-refractivity contribution is 5.96. The highest BCUT2D eigenvalue weighted by Gasteiger charge is 2.44. The first kappa shape index (κ1) is 14.3. The summed E-state index contributed by atoms with van der Waals surface area (Å²) in [5, 5.41) is 0. The zero-order valence-corrected chi connectivity index (χ0v) is 12.1. The number of fused-ring (bicyclic) bond motifs is 1. The van der Waals surface area contributed by atoms with Gasteiger partial charge < -0.3 is 14.5 Å². The van der Waals surface area contributed by atoms with Crippen LogP contribution < -0.4 is 0 Å². The van der Waals surface area contributed by atoms with E-state index in [-0.39, 0.29) is 30.0 Å². The minimum Gasteiger partial charge on any atom is -0.377 e. The summed E-state index contributed by atoms with van der Waals surface area (Å²) in [6.07, 6.45) is 2.82. The van der Waals surface area contributed by atoms with E-state index in [0.717, 1.165) is 25.8 Å². The van der Waals surface area contributed by atoms with E-state index in [2.05, 4.69) is 0 Å². The standard InChI is InChI=1S/C14H24N2O3/c1-4-19-10(2)9-16-11(3)13(17)15-8-6-5-7-12(15)14(16)18/h10-12H,4-9H2,1-3H3. The summed E-state index contributed by atoms with van der Waals surface area (Å²) < 4.78 is 5.49. The van der Waals surface area contributed by atoms with Gasteiger partial charge in [0.25, 0.3) is 0 Å². The van der Waals surface area contributed by atoms with E-state index < -0.39 is 0 Å². The smallest absolute Gasteiger partial charge is 0.246 e. The first-order chi connectivity index (χ1) is 9.06. The fourth-order valence-electron chi connectivity index (χ4n) is 3.07. The number of ether oxygens (including phenoxy) is 1. The van der Waals surface area contributed by atoms with Crippen molar-refractivity contribution >= 4 is 11.8 Å². The van der Waals surface area contributed by atoms with E-state index in [9.17, 15) is 9.59 Å². The molecule has 108 valence electrons. The monoisotopic (exact) mass is 268 g/mol. The molecule has 5 nitrogen and oxygen atoms in total. The Morgan fingerprint density at radius 1 is 1.32 bits per heavy atom. The molecule has 3 atom stereocenters. The van der Waals surface area contributed by atoms with Crippen LogP contribution in [-0.2, 0) is 14.3 Å². The summed E-state index contributed by atoms with van der Waals surface area (Å²) >= 11 is 0. The van der Waals surface area contributed by atoms with E-state index >= 15 is 0 Å². The lowest BCUT2D eigenvalue weighted by Gasteiger charge is -2.46. The summed E-state index contributed by atoms with van der Waals surface area (Å²) in [7, 11) is 0. The molecule has 2 rings (SSSR count). The molecule has 2 aliphatic rings. The average Bonchev–Trinajstić information content (AvgIpc) is 2.41. The van der Waals surface area contributed by atoms with Crippen LogP contribution in [0, 0.1) is 0 Å². The maximum atomic E-state index is 12.5. The van der Waals surface area contributed by atoms with Gasteiger partial charge in [0, 0.05) is 19.7 Å². The number of piperazine rings is 1. The molecule has 0 saturated carbocycles. The van der Waals surface area contributed by atoms with E-state index in [1.165, 1.54) is 0 Å². The number of hydrogen-bond acceptors (Lipinski definition) is 3. The summed E-state index contributed by atoms with van der Waals surface area (Å²) in [6.45, 7) is 7.57. The molecule has 0 aromatic rings. The molecule has 0 aromatic heterocycles. The van der Waals surface area contributed by atoms with Gasteiger partial charge in [0.1, 0.15) is 12.1 Å². The van der Waals surface area contributed by atoms with Gasteiger partial charge in [-0.1, -0.05) is 0 Å². The molecular formula is C14H24N2O3. The largest absolute Gasteiger partial charge is 0.377 e. The van der Waals surface area contributed by atoms with E-state index in [1.54, 1.807) is 9.80 Å². The number of amides is 2. The Morgan fingerprint density at radius 3 is 2.74 bits per heavy atom. The van der Waals surface area contributed by atoms with Crippen molar-refractivity contribution in [2.24, 2.45) is 0 Å². The van der Waals surface area contributed by atoms with Gasteiger partial charge >= 0.3 is 0 Å². The molecule has 2 amide bonds.